The maximum absolute atomic E-state index is 12.0. The Balaban J connectivity index is 1.79. The van der Waals surface area contributed by atoms with Crippen LogP contribution in [0.5, 0.6) is 0 Å². The molecule has 1 aliphatic carbocycles. The summed E-state index contributed by atoms with van der Waals surface area (Å²) in [6.45, 7) is 15.4. The molecule has 0 aromatic carbocycles. The molecule has 1 saturated heterocycles. The predicted molar refractivity (Wildman–Crippen MR) is 94.5 cm³/mol. The van der Waals surface area contributed by atoms with Crippen LogP contribution in [0, 0.1) is 29.1 Å². The molecule has 0 aromatic rings. The van der Waals surface area contributed by atoms with Crippen LogP contribution in [0.4, 0.5) is 0 Å². The van der Waals surface area contributed by atoms with Gasteiger partial charge in [0.05, 0.1) is 24.7 Å². The number of esters is 1. The highest BCUT2D eigenvalue weighted by Gasteiger charge is 2.62. The number of hydrogen-bond donors (Lipinski definition) is 0. The molecule has 24 heavy (non-hydrogen) atoms. The molecular weight excluding hydrogens is 304 g/mol. The van der Waals surface area contributed by atoms with Gasteiger partial charge >= 0.3 is 5.97 Å². The van der Waals surface area contributed by atoms with Crippen LogP contribution in [-0.4, -0.2) is 31.1 Å². The molecule has 0 bridgehead atoms. The number of carbonyl (C=O) groups excluding carboxylic acids is 1. The molecule has 0 radical (unpaired) electrons. The summed E-state index contributed by atoms with van der Waals surface area (Å²) in [6, 6.07) is 0. The Hall–Kier alpha value is -0.610. The SMILES string of the molecule is CCOC(=O)[C@H]1C(C)[C@@]1(C)CC[C@@H](C)O[C@@H]1O[C@@H](C)[C@H](C)C[C@H]1C. The van der Waals surface area contributed by atoms with Crippen LogP contribution >= 0.6 is 0 Å². The van der Waals surface area contributed by atoms with E-state index in [1.54, 1.807) is 0 Å². The maximum atomic E-state index is 12.0. The second-order valence-corrected chi connectivity index (χ2v) is 8.41. The molecule has 2 rings (SSSR count). The van der Waals surface area contributed by atoms with Crippen molar-refractivity contribution < 1.29 is 19.0 Å². The van der Waals surface area contributed by atoms with Crippen LogP contribution in [0.2, 0.25) is 0 Å². The van der Waals surface area contributed by atoms with Crippen molar-refractivity contribution in [3.63, 3.8) is 0 Å². The van der Waals surface area contributed by atoms with Gasteiger partial charge in [0.1, 0.15) is 0 Å². The first-order chi connectivity index (χ1) is 11.2. The van der Waals surface area contributed by atoms with E-state index in [9.17, 15) is 4.79 Å². The third kappa shape index (κ3) is 4.13. The lowest BCUT2D eigenvalue weighted by atomic mass is 9.90. The zero-order chi connectivity index (χ0) is 18.1. The van der Waals surface area contributed by atoms with E-state index in [-0.39, 0.29) is 35.8 Å². The minimum Gasteiger partial charge on any atom is -0.466 e. The van der Waals surface area contributed by atoms with Gasteiger partial charge in [-0.15, -0.1) is 0 Å². The first-order valence-electron chi connectivity index (χ1n) is 9.68. The number of carbonyl (C=O) groups is 1. The standard InChI is InChI=1S/C20H36O4/c1-8-22-18(21)17-15(5)20(17,7)10-9-14(4)23-19-13(3)11-12(2)16(6)24-19/h12-17,19H,8-11H2,1-7H3/t12-,13-,14-,15?,16+,17-,19-,20-/m1/s1. The molecule has 4 heteroatoms. The number of rotatable bonds is 7. The largest absolute Gasteiger partial charge is 0.466 e. The Bertz CT molecular complexity index is 437. The molecule has 0 spiro atoms. The van der Waals surface area contributed by atoms with Crippen molar-refractivity contribution in [1.82, 2.24) is 0 Å². The molecule has 1 heterocycles. The fourth-order valence-electron chi connectivity index (χ4n) is 4.23. The third-order valence-electron chi connectivity index (χ3n) is 6.50. The topological polar surface area (TPSA) is 44.8 Å². The van der Waals surface area contributed by atoms with Crippen molar-refractivity contribution in [3.05, 3.63) is 0 Å². The van der Waals surface area contributed by atoms with Crippen LogP contribution in [0.1, 0.15) is 67.7 Å². The van der Waals surface area contributed by atoms with E-state index in [4.69, 9.17) is 14.2 Å². The summed E-state index contributed by atoms with van der Waals surface area (Å²) in [5, 5.41) is 0. The monoisotopic (exact) mass is 340 g/mol. The van der Waals surface area contributed by atoms with Crippen LogP contribution in [0.3, 0.4) is 0 Å². The maximum Gasteiger partial charge on any atom is 0.309 e. The summed E-state index contributed by atoms with van der Waals surface area (Å²) in [4.78, 5) is 12.0. The summed E-state index contributed by atoms with van der Waals surface area (Å²) in [5.41, 5.74) is 0.0602. The summed E-state index contributed by atoms with van der Waals surface area (Å²) < 4.78 is 17.4. The second-order valence-electron chi connectivity index (χ2n) is 8.41. The van der Waals surface area contributed by atoms with E-state index in [0.29, 0.717) is 24.4 Å². The molecule has 1 unspecified atom stereocenters. The van der Waals surface area contributed by atoms with Crippen molar-refractivity contribution in [1.29, 1.82) is 0 Å². The Morgan fingerprint density at radius 3 is 2.54 bits per heavy atom. The Labute approximate surface area is 147 Å². The fraction of sp³-hybridized carbons (Fsp3) is 0.950. The third-order valence-corrected chi connectivity index (χ3v) is 6.50. The normalized spacial score (nSPS) is 43.3. The number of ether oxygens (including phenoxy) is 3. The average Bonchev–Trinajstić information content (AvgIpc) is 3.05. The van der Waals surface area contributed by atoms with Gasteiger partial charge in [-0.2, -0.15) is 0 Å². The second kappa shape index (κ2) is 7.74. The molecule has 0 N–H and O–H groups in total. The van der Waals surface area contributed by atoms with E-state index >= 15 is 0 Å². The fourth-order valence-corrected chi connectivity index (χ4v) is 4.23. The molecular formula is C20H36O4. The van der Waals surface area contributed by atoms with Gasteiger partial charge in [-0.05, 0) is 57.3 Å². The van der Waals surface area contributed by atoms with Gasteiger partial charge in [-0.1, -0.05) is 27.7 Å². The van der Waals surface area contributed by atoms with Gasteiger partial charge in [0.2, 0.25) is 0 Å². The highest BCUT2D eigenvalue weighted by Crippen LogP contribution is 2.61. The molecule has 1 saturated carbocycles. The Morgan fingerprint density at radius 2 is 1.92 bits per heavy atom. The molecule has 2 aliphatic rings. The average molecular weight is 341 g/mol. The van der Waals surface area contributed by atoms with Gasteiger partial charge in [-0.3, -0.25) is 4.79 Å². The zero-order valence-corrected chi connectivity index (χ0v) is 16.5. The van der Waals surface area contributed by atoms with Crippen LogP contribution in [-0.2, 0) is 19.0 Å². The van der Waals surface area contributed by atoms with E-state index in [0.717, 1.165) is 19.3 Å². The minimum absolute atomic E-state index is 0.0341. The molecule has 4 nitrogen and oxygen atoms in total. The lowest BCUT2D eigenvalue weighted by Gasteiger charge is -2.38. The van der Waals surface area contributed by atoms with Gasteiger partial charge in [0.15, 0.2) is 6.29 Å². The smallest absolute Gasteiger partial charge is 0.309 e. The van der Waals surface area contributed by atoms with Gasteiger partial charge in [0.25, 0.3) is 0 Å². The highest BCUT2D eigenvalue weighted by atomic mass is 16.7. The molecule has 1 aliphatic heterocycles. The lowest BCUT2D eigenvalue weighted by molar-refractivity contribution is -0.244. The van der Waals surface area contributed by atoms with Crippen molar-refractivity contribution in [3.8, 4) is 0 Å². The summed E-state index contributed by atoms with van der Waals surface area (Å²) in [5.74, 6) is 1.44. The Morgan fingerprint density at radius 1 is 1.25 bits per heavy atom. The van der Waals surface area contributed by atoms with E-state index in [1.165, 1.54) is 0 Å². The van der Waals surface area contributed by atoms with E-state index in [1.807, 2.05) is 6.92 Å². The lowest BCUT2D eigenvalue weighted by Crippen LogP contribution is -2.40. The molecule has 140 valence electrons. The minimum atomic E-state index is -0.100. The van der Waals surface area contributed by atoms with Gasteiger partial charge in [0, 0.05) is 5.92 Å². The quantitative estimate of drug-likeness (QED) is 0.644. The van der Waals surface area contributed by atoms with Crippen LogP contribution in [0.25, 0.3) is 0 Å². The van der Waals surface area contributed by atoms with Crippen LogP contribution < -0.4 is 0 Å². The van der Waals surface area contributed by atoms with Crippen LogP contribution in [0.15, 0.2) is 0 Å². The molecule has 0 aromatic heterocycles. The highest BCUT2D eigenvalue weighted by molar-refractivity contribution is 5.77. The van der Waals surface area contributed by atoms with E-state index in [2.05, 4.69) is 41.5 Å². The molecule has 2 fully saturated rings. The molecule has 0 amide bonds. The van der Waals surface area contributed by atoms with Gasteiger partial charge in [-0.25, -0.2) is 0 Å². The first kappa shape index (κ1) is 19.7. The number of hydrogen-bond acceptors (Lipinski definition) is 4. The zero-order valence-electron chi connectivity index (χ0n) is 16.5. The predicted octanol–water partition coefficient (Wildman–Crippen LogP) is 4.41. The molecule has 8 atom stereocenters. The van der Waals surface area contributed by atoms with Crippen molar-refractivity contribution in [2.45, 2.75) is 86.2 Å². The first-order valence-corrected chi connectivity index (χ1v) is 9.68. The summed E-state index contributed by atoms with van der Waals surface area (Å²) in [7, 11) is 0. The van der Waals surface area contributed by atoms with E-state index < -0.39 is 0 Å². The Kier molecular flexibility index (Phi) is 6.35. The summed E-state index contributed by atoms with van der Waals surface area (Å²) >= 11 is 0. The van der Waals surface area contributed by atoms with Crippen molar-refractivity contribution in [2.75, 3.05) is 6.61 Å². The summed E-state index contributed by atoms with van der Waals surface area (Å²) in [6.07, 6.45) is 3.40. The van der Waals surface area contributed by atoms with Crippen molar-refractivity contribution in [2.24, 2.45) is 29.1 Å². The van der Waals surface area contributed by atoms with Crippen molar-refractivity contribution >= 4 is 5.97 Å². The van der Waals surface area contributed by atoms with Gasteiger partial charge < -0.3 is 14.2 Å².